The Hall–Kier alpha value is -2.30. The number of imidazole rings is 1. The van der Waals surface area contributed by atoms with Gasteiger partial charge in [0.2, 0.25) is 0 Å². The number of nitrogens with zero attached hydrogens (tertiary/aromatic N) is 1. The average Bonchev–Trinajstić information content (AvgIpc) is 2.91. The van der Waals surface area contributed by atoms with Crippen LogP contribution in [-0.2, 0) is 6.42 Å². The summed E-state index contributed by atoms with van der Waals surface area (Å²) in [5, 5.41) is 5.96. The molecule has 0 spiro atoms. The van der Waals surface area contributed by atoms with Crippen molar-refractivity contribution in [3.63, 3.8) is 0 Å². The lowest BCUT2D eigenvalue weighted by Gasteiger charge is -2.09. The van der Waals surface area contributed by atoms with Crippen LogP contribution in [-0.4, -0.2) is 29.5 Å². The maximum absolute atomic E-state index is 12.0. The van der Waals surface area contributed by atoms with Crippen molar-refractivity contribution in [2.24, 2.45) is 0 Å². The number of anilines is 1. The van der Waals surface area contributed by atoms with Crippen molar-refractivity contribution in [1.82, 2.24) is 15.3 Å². The van der Waals surface area contributed by atoms with E-state index in [0.717, 1.165) is 23.4 Å². The number of benzene rings is 1. The molecule has 0 aliphatic heterocycles. The van der Waals surface area contributed by atoms with E-state index in [1.807, 2.05) is 32.2 Å². The van der Waals surface area contributed by atoms with Gasteiger partial charge in [0.1, 0.15) is 0 Å². The Morgan fingerprint density at radius 3 is 2.89 bits per heavy atom. The number of carbonyl (C=O) groups excluding carboxylic acids is 1. The highest BCUT2D eigenvalue weighted by Gasteiger charge is 2.08. The molecule has 5 heteroatoms. The van der Waals surface area contributed by atoms with E-state index in [1.54, 1.807) is 12.5 Å². The van der Waals surface area contributed by atoms with E-state index < -0.39 is 0 Å². The molecule has 1 aromatic heterocycles. The molecule has 0 atom stereocenters. The van der Waals surface area contributed by atoms with Crippen LogP contribution >= 0.6 is 0 Å². The van der Waals surface area contributed by atoms with Gasteiger partial charge in [0.15, 0.2) is 0 Å². The highest BCUT2D eigenvalue weighted by atomic mass is 16.1. The fourth-order valence-electron chi connectivity index (χ4n) is 1.90. The molecule has 3 N–H and O–H groups in total. The molecule has 0 saturated carbocycles. The maximum Gasteiger partial charge on any atom is 0.251 e. The molecule has 1 heterocycles. The Morgan fingerprint density at radius 2 is 2.26 bits per heavy atom. The Morgan fingerprint density at radius 1 is 1.42 bits per heavy atom. The summed E-state index contributed by atoms with van der Waals surface area (Å²) < 4.78 is 0. The third kappa shape index (κ3) is 3.34. The number of nitrogens with one attached hydrogen (secondary N) is 3. The van der Waals surface area contributed by atoms with Crippen molar-refractivity contribution in [3.05, 3.63) is 47.5 Å². The predicted molar refractivity (Wildman–Crippen MR) is 75.4 cm³/mol. The van der Waals surface area contributed by atoms with Gasteiger partial charge in [-0.05, 0) is 30.7 Å². The quantitative estimate of drug-likeness (QED) is 0.765. The number of hydrogen-bond donors (Lipinski definition) is 3. The molecule has 2 rings (SSSR count). The number of rotatable bonds is 5. The van der Waals surface area contributed by atoms with Crippen molar-refractivity contribution in [2.75, 3.05) is 18.9 Å². The van der Waals surface area contributed by atoms with E-state index in [9.17, 15) is 4.79 Å². The van der Waals surface area contributed by atoms with E-state index in [1.165, 1.54) is 0 Å². The second kappa shape index (κ2) is 6.04. The summed E-state index contributed by atoms with van der Waals surface area (Å²) >= 11 is 0. The summed E-state index contributed by atoms with van der Waals surface area (Å²) in [6.07, 6.45) is 4.15. The zero-order chi connectivity index (χ0) is 13.7. The topological polar surface area (TPSA) is 69.8 Å². The van der Waals surface area contributed by atoms with Crippen molar-refractivity contribution < 1.29 is 4.79 Å². The van der Waals surface area contributed by atoms with Gasteiger partial charge in [-0.1, -0.05) is 0 Å². The Balaban J connectivity index is 1.92. The molecule has 19 heavy (non-hydrogen) atoms. The Kier molecular flexibility index (Phi) is 4.18. The third-order valence-corrected chi connectivity index (χ3v) is 2.99. The van der Waals surface area contributed by atoms with Crippen LogP contribution in [0.2, 0.25) is 0 Å². The second-order valence-electron chi connectivity index (χ2n) is 4.36. The monoisotopic (exact) mass is 258 g/mol. The fraction of sp³-hybridized carbons (Fsp3) is 0.286. The Labute approximate surface area is 112 Å². The molecule has 0 unspecified atom stereocenters. The zero-order valence-electron chi connectivity index (χ0n) is 11.2. The number of carbonyl (C=O) groups is 1. The van der Waals surface area contributed by atoms with Crippen molar-refractivity contribution in [2.45, 2.75) is 13.3 Å². The SMILES string of the molecule is CNc1ccc(C(=O)NCCc2cnc[nH]2)c(C)c1. The lowest BCUT2D eigenvalue weighted by molar-refractivity contribution is 0.0953. The van der Waals surface area contributed by atoms with Crippen LogP contribution in [0.1, 0.15) is 21.6 Å². The van der Waals surface area contributed by atoms with Gasteiger partial charge in [-0.2, -0.15) is 0 Å². The number of amides is 1. The smallest absolute Gasteiger partial charge is 0.251 e. The number of aromatic amines is 1. The highest BCUT2D eigenvalue weighted by molar-refractivity contribution is 5.96. The molecular formula is C14H18N4O. The van der Waals surface area contributed by atoms with Crippen LogP contribution in [0.5, 0.6) is 0 Å². The average molecular weight is 258 g/mol. The molecule has 0 aliphatic rings. The largest absolute Gasteiger partial charge is 0.388 e. The number of aromatic nitrogens is 2. The zero-order valence-corrected chi connectivity index (χ0v) is 11.2. The predicted octanol–water partition coefficient (Wildman–Crippen LogP) is 1.73. The minimum atomic E-state index is -0.0420. The number of hydrogen-bond acceptors (Lipinski definition) is 3. The van der Waals surface area contributed by atoms with Gasteiger partial charge >= 0.3 is 0 Å². The first-order valence-electron chi connectivity index (χ1n) is 6.24. The van der Waals surface area contributed by atoms with E-state index in [4.69, 9.17) is 0 Å². The summed E-state index contributed by atoms with van der Waals surface area (Å²) in [7, 11) is 1.86. The van der Waals surface area contributed by atoms with Crippen LogP contribution in [0.3, 0.4) is 0 Å². The minimum absolute atomic E-state index is 0.0420. The standard InChI is InChI=1S/C14H18N4O/c1-10-7-11(15-2)3-4-13(10)14(19)17-6-5-12-8-16-9-18-12/h3-4,7-9,15H,5-6H2,1-2H3,(H,16,18)(H,17,19). The van der Waals surface area contributed by atoms with E-state index >= 15 is 0 Å². The lowest BCUT2D eigenvalue weighted by Crippen LogP contribution is -2.26. The molecular weight excluding hydrogens is 240 g/mol. The molecule has 0 bridgehead atoms. The minimum Gasteiger partial charge on any atom is -0.388 e. The molecule has 2 aromatic rings. The van der Waals surface area contributed by atoms with E-state index in [-0.39, 0.29) is 5.91 Å². The third-order valence-electron chi connectivity index (χ3n) is 2.99. The molecule has 0 radical (unpaired) electrons. The highest BCUT2D eigenvalue weighted by Crippen LogP contribution is 2.14. The fourth-order valence-corrected chi connectivity index (χ4v) is 1.90. The summed E-state index contributed by atoms with van der Waals surface area (Å²) in [4.78, 5) is 19.0. The van der Waals surface area contributed by atoms with Crippen LogP contribution in [0, 0.1) is 6.92 Å². The van der Waals surface area contributed by atoms with Crippen LogP contribution in [0.25, 0.3) is 0 Å². The molecule has 0 aliphatic carbocycles. The summed E-state index contributed by atoms with van der Waals surface area (Å²) in [6.45, 7) is 2.53. The van der Waals surface area contributed by atoms with Gasteiger partial charge in [0.25, 0.3) is 5.91 Å². The van der Waals surface area contributed by atoms with Crippen LogP contribution in [0.15, 0.2) is 30.7 Å². The first-order valence-corrected chi connectivity index (χ1v) is 6.24. The van der Waals surface area contributed by atoms with Crippen LogP contribution < -0.4 is 10.6 Å². The van der Waals surface area contributed by atoms with E-state index in [0.29, 0.717) is 12.1 Å². The van der Waals surface area contributed by atoms with Crippen molar-refractivity contribution in [1.29, 1.82) is 0 Å². The number of aryl methyl sites for hydroxylation is 1. The Bertz CT molecular complexity index is 549. The van der Waals surface area contributed by atoms with E-state index in [2.05, 4.69) is 20.6 Å². The van der Waals surface area contributed by atoms with Gasteiger partial charge in [0, 0.05) is 43.2 Å². The molecule has 5 nitrogen and oxygen atoms in total. The second-order valence-corrected chi connectivity index (χ2v) is 4.36. The van der Waals surface area contributed by atoms with Gasteiger partial charge in [0.05, 0.1) is 6.33 Å². The lowest BCUT2D eigenvalue weighted by atomic mass is 10.1. The van der Waals surface area contributed by atoms with Gasteiger partial charge in [-0.3, -0.25) is 4.79 Å². The summed E-state index contributed by atoms with van der Waals surface area (Å²) in [5.74, 6) is -0.0420. The first-order chi connectivity index (χ1) is 9.20. The maximum atomic E-state index is 12.0. The molecule has 0 fully saturated rings. The normalized spacial score (nSPS) is 10.2. The van der Waals surface area contributed by atoms with Crippen molar-refractivity contribution >= 4 is 11.6 Å². The van der Waals surface area contributed by atoms with Gasteiger partial charge in [-0.25, -0.2) is 4.98 Å². The molecule has 100 valence electrons. The molecule has 0 saturated heterocycles. The van der Waals surface area contributed by atoms with Gasteiger partial charge in [-0.15, -0.1) is 0 Å². The number of H-pyrrole nitrogens is 1. The first kappa shape index (κ1) is 13.1. The van der Waals surface area contributed by atoms with Crippen LogP contribution in [0.4, 0.5) is 5.69 Å². The van der Waals surface area contributed by atoms with Crippen molar-refractivity contribution in [3.8, 4) is 0 Å². The summed E-state index contributed by atoms with van der Waals surface area (Å²) in [5.41, 5.74) is 3.70. The molecule has 1 aromatic carbocycles. The summed E-state index contributed by atoms with van der Waals surface area (Å²) in [6, 6.07) is 5.70. The molecule has 1 amide bonds. The van der Waals surface area contributed by atoms with Gasteiger partial charge < -0.3 is 15.6 Å².